The molecule has 0 saturated carbocycles. The quantitative estimate of drug-likeness (QED) is 0.345. The van der Waals surface area contributed by atoms with Gasteiger partial charge >= 0.3 is 0 Å². The van der Waals surface area contributed by atoms with Crippen molar-refractivity contribution < 1.29 is 24.3 Å². The molecule has 0 radical (unpaired) electrons. The summed E-state index contributed by atoms with van der Waals surface area (Å²) in [6, 6.07) is 32.8. The van der Waals surface area contributed by atoms with Crippen LogP contribution < -0.4 is 0 Å². The molecule has 2 aliphatic rings. The third kappa shape index (κ3) is 6.26. The van der Waals surface area contributed by atoms with Crippen molar-refractivity contribution in [1.29, 1.82) is 0 Å². The van der Waals surface area contributed by atoms with Crippen LogP contribution in [0.4, 0.5) is 0 Å². The summed E-state index contributed by atoms with van der Waals surface area (Å²) in [5.74, 6) is -1.80. The van der Waals surface area contributed by atoms with Crippen LogP contribution in [-0.2, 0) is 39.7 Å². The van der Waals surface area contributed by atoms with Crippen LogP contribution >= 0.6 is 0 Å². The van der Waals surface area contributed by atoms with Crippen LogP contribution in [0.3, 0.4) is 0 Å². The molecule has 1 saturated heterocycles. The Hall–Kier alpha value is -5.28. The van der Waals surface area contributed by atoms with E-state index in [0.717, 1.165) is 21.6 Å². The van der Waals surface area contributed by atoms with E-state index in [1.165, 1.54) is 14.7 Å². The molecule has 4 aromatic carbocycles. The van der Waals surface area contributed by atoms with Crippen molar-refractivity contribution >= 4 is 23.6 Å². The summed E-state index contributed by atoms with van der Waals surface area (Å²) in [5.41, 5.74) is 1.03. The Morgan fingerprint density at radius 2 is 1.09 bits per heavy atom. The summed E-state index contributed by atoms with van der Waals surface area (Å²) in [6.45, 7) is 2.90. The molecule has 4 amide bonds. The summed E-state index contributed by atoms with van der Waals surface area (Å²) >= 11 is 0. The first-order chi connectivity index (χ1) is 22.7. The van der Waals surface area contributed by atoms with Gasteiger partial charge in [0.25, 0.3) is 5.91 Å². The number of rotatable bonds is 6. The zero-order valence-corrected chi connectivity index (χ0v) is 26.5. The number of fused-ring (bicyclic) bond motifs is 3. The third-order valence-electron chi connectivity index (χ3n) is 9.16. The van der Waals surface area contributed by atoms with E-state index in [1.807, 2.05) is 91.0 Å². The minimum Gasteiger partial charge on any atom is -0.365 e. The fourth-order valence-electron chi connectivity index (χ4n) is 6.54. The Morgan fingerprint density at radius 1 is 0.617 bits per heavy atom. The van der Waals surface area contributed by atoms with E-state index in [2.05, 4.69) is 0 Å². The lowest BCUT2D eigenvalue weighted by atomic mass is 9.99. The topological polar surface area (TPSA) is 101 Å². The first kappa shape index (κ1) is 31.7. The third-order valence-corrected chi connectivity index (χ3v) is 9.16. The van der Waals surface area contributed by atoms with Crippen LogP contribution in [0, 0.1) is 0 Å². The maximum Gasteiger partial charge on any atom is 0.257 e. The van der Waals surface area contributed by atoms with Crippen LogP contribution in [0.25, 0.3) is 0 Å². The van der Waals surface area contributed by atoms with Gasteiger partial charge in [-0.2, -0.15) is 0 Å². The molecule has 2 heterocycles. The number of amides is 4. The molecule has 1 N–H and O–H groups in total. The van der Waals surface area contributed by atoms with Gasteiger partial charge < -0.3 is 19.8 Å². The van der Waals surface area contributed by atoms with Crippen molar-refractivity contribution in [2.75, 3.05) is 13.1 Å². The monoisotopic (exact) mass is 630 g/mol. The number of β-amino-alcohol motifs (C(OH)–C–C–N with tert-alkyl or cyclic N) is 1. The molecule has 0 bridgehead atoms. The molecular formula is C38H38N4O5. The highest BCUT2D eigenvalue weighted by molar-refractivity contribution is 6.02. The van der Waals surface area contributed by atoms with Gasteiger partial charge in [0.15, 0.2) is 5.72 Å². The van der Waals surface area contributed by atoms with Gasteiger partial charge in [0.1, 0.15) is 18.6 Å². The van der Waals surface area contributed by atoms with E-state index < -0.39 is 48.0 Å². The highest BCUT2D eigenvalue weighted by atomic mass is 16.3. The number of hydrogen-bond donors (Lipinski definition) is 1. The Balaban J connectivity index is 1.48. The van der Waals surface area contributed by atoms with E-state index in [4.69, 9.17) is 0 Å². The van der Waals surface area contributed by atoms with Crippen LogP contribution in [0.5, 0.6) is 0 Å². The molecule has 0 aromatic heterocycles. The van der Waals surface area contributed by atoms with Crippen molar-refractivity contribution in [1.82, 2.24) is 19.6 Å². The lowest BCUT2D eigenvalue weighted by molar-refractivity contribution is -0.163. The minimum atomic E-state index is -2.00. The molecule has 2 aliphatic heterocycles. The van der Waals surface area contributed by atoms with Gasteiger partial charge in [-0.15, -0.1) is 0 Å². The molecule has 9 heteroatoms. The number of hydrogen-bond acceptors (Lipinski definition) is 5. The van der Waals surface area contributed by atoms with Crippen molar-refractivity contribution in [3.05, 3.63) is 143 Å². The SMILES string of the molecule is C[C@H]1C(=O)N(Cc2ccccc2)[C@@H](C)C(=O)N(Cc2ccccc2)C[C@]2(O)c3ccccc3C(=O)N2CC(=O)N1Cc1ccccc1. The lowest BCUT2D eigenvalue weighted by Gasteiger charge is -2.43. The molecule has 240 valence electrons. The van der Waals surface area contributed by atoms with Crippen molar-refractivity contribution in [3.8, 4) is 0 Å². The molecule has 4 aromatic rings. The van der Waals surface area contributed by atoms with Gasteiger partial charge in [-0.1, -0.05) is 109 Å². The first-order valence-corrected chi connectivity index (χ1v) is 15.8. The van der Waals surface area contributed by atoms with Crippen LogP contribution in [0.2, 0.25) is 0 Å². The molecule has 9 nitrogen and oxygen atoms in total. The van der Waals surface area contributed by atoms with Crippen LogP contribution in [0.15, 0.2) is 115 Å². The van der Waals surface area contributed by atoms with Gasteiger partial charge in [-0.3, -0.25) is 24.1 Å². The fraction of sp³-hybridized carbons (Fsp3) is 0.263. The van der Waals surface area contributed by atoms with E-state index in [0.29, 0.717) is 5.56 Å². The molecule has 0 aliphatic carbocycles. The second kappa shape index (κ2) is 13.2. The summed E-state index contributed by atoms with van der Waals surface area (Å²) in [7, 11) is 0. The van der Waals surface area contributed by atoms with Gasteiger partial charge in [0.05, 0.1) is 6.54 Å². The van der Waals surface area contributed by atoms with Crippen LogP contribution in [-0.4, -0.2) is 73.5 Å². The second-order valence-electron chi connectivity index (χ2n) is 12.2. The molecule has 1 fully saturated rings. The van der Waals surface area contributed by atoms with Crippen molar-refractivity contribution in [2.45, 2.75) is 51.3 Å². The smallest absolute Gasteiger partial charge is 0.257 e. The minimum absolute atomic E-state index is 0.0988. The van der Waals surface area contributed by atoms with Gasteiger partial charge in [-0.25, -0.2) is 0 Å². The number of carbonyl (C=O) groups is 4. The van der Waals surface area contributed by atoms with Gasteiger partial charge in [0.2, 0.25) is 17.7 Å². The summed E-state index contributed by atoms with van der Waals surface area (Å²) in [5, 5.41) is 12.5. The predicted molar refractivity (Wildman–Crippen MR) is 176 cm³/mol. The highest BCUT2D eigenvalue weighted by Gasteiger charge is 2.52. The molecular weight excluding hydrogens is 592 g/mol. The average molecular weight is 631 g/mol. The number of carbonyl (C=O) groups excluding carboxylic acids is 4. The second-order valence-corrected chi connectivity index (χ2v) is 12.2. The Bertz CT molecular complexity index is 1770. The number of aliphatic hydroxyl groups is 1. The molecule has 3 atom stereocenters. The average Bonchev–Trinajstić information content (AvgIpc) is 3.30. The zero-order chi connectivity index (χ0) is 33.1. The standard InChI is InChI=1S/C38H38N4O5/c1-27-35(44)39(22-29-14-6-3-7-15-29)26-38(47)33-21-13-12-20-32(33)37(46)42(38)25-34(43)40(23-30-16-8-4-9-17-30)28(2)36(45)41(27)24-31-18-10-5-11-19-31/h3-21,27-28,47H,22-26H2,1-2H3/t27-,28-,38-/m0/s1. The normalized spacial score (nSPS) is 22.1. The van der Waals surface area contributed by atoms with Crippen molar-refractivity contribution in [2.24, 2.45) is 0 Å². The van der Waals surface area contributed by atoms with Gasteiger partial charge in [0, 0.05) is 30.8 Å². The molecule has 47 heavy (non-hydrogen) atoms. The van der Waals surface area contributed by atoms with E-state index >= 15 is 0 Å². The number of benzene rings is 4. The fourth-order valence-corrected chi connectivity index (χ4v) is 6.54. The Labute approximate surface area is 274 Å². The first-order valence-electron chi connectivity index (χ1n) is 15.8. The lowest BCUT2D eigenvalue weighted by Crippen LogP contribution is -2.61. The zero-order valence-electron chi connectivity index (χ0n) is 26.5. The summed E-state index contributed by atoms with van der Waals surface area (Å²) in [6.07, 6.45) is 0. The predicted octanol–water partition coefficient (Wildman–Crippen LogP) is 4.16. The molecule has 0 unspecified atom stereocenters. The maximum absolute atomic E-state index is 14.6. The Kier molecular flexibility index (Phi) is 8.91. The summed E-state index contributed by atoms with van der Waals surface area (Å²) in [4.78, 5) is 62.9. The molecule has 0 spiro atoms. The van der Waals surface area contributed by atoms with E-state index in [9.17, 15) is 24.3 Å². The van der Waals surface area contributed by atoms with E-state index in [-0.39, 0.29) is 31.7 Å². The highest BCUT2D eigenvalue weighted by Crippen LogP contribution is 2.39. The molecule has 6 rings (SSSR count). The maximum atomic E-state index is 14.6. The van der Waals surface area contributed by atoms with Crippen molar-refractivity contribution in [3.63, 3.8) is 0 Å². The Morgan fingerprint density at radius 3 is 1.66 bits per heavy atom. The van der Waals surface area contributed by atoms with Crippen LogP contribution in [0.1, 0.15) is 46.5 Å². The number of nitrogens with zero attached hydrogens (tertiary/aromatic N) is 4. The van der Waals surface area contributed by atoms with E-state index in [1.54, 1.807) is 38.1 Å². The summed E-state index contributed by atoms with van der Waals surface area (Å²) < 4.78 is 0. The van der Waals surface area contributed by atoms with Gasteiger partial charge in [-0.05, 0) is 36.6 Å². The largest absolute Gasteiger partial charge is 0.365 e.